The Labute approximate surface area is 338 Å². The molecule has 10 aromatic rings. The van der Waals surface area contributed by atoms with Crippen molar-refractivity contribution in [3.8, 4) is 73.2 Å². The number of hydrogen-bond acceptors (Lipinski definition) is 4. The van der Waals surface area contributed by atoms with Crippen LogP contribution in [0.25, 0.3) is 100 Å². The van der Waals surface area contributed by atoms with Crippen molar-refractivity contribution in [2.45, 2.75) is 6.92 Å². The summed E-state index contributed by atoms with van der Waals surface area (Å²) in [6.45, 7) is 2.04. The van der Waals surface area contributed by atoms with Crippen molar-refractivity contribution in [1.29, 1.82) is 0 Å². The number of phenolic OH excluding ortho intramolecular Hbond substituents is 1. The molecular formula is C50H34N3O2Pt-. The molecule has 4 aromatic heterocycles. The number of para-hydroxylation sites is 2. The molecule has 1 N–H and O–H groups in total. The summed E-state index contributed by atoms with van der Waals surface area (Å²) < 4.78 is 8.60. The first-order valence-corrected chi connectivity index (χ1v) is 18.4. The van der Waals surface area contributed by atoms with Crippen molar-refractivity contribution in [1.82, 2.24) is 14.5 Å². The molecule has 0 aliphatic rings. The monoisotopic (exact) mass is 903 g/mol. The van der Waals surface area contributed by atoms with Gasteiger partial charge in [-0.15, -0.1) is 24.3 Å². The summed E-state index contributed by atoms with van der Waals surface area (Å²) >= 11 is 0. The van der Waals surface area contributed by atoms with Crippen molar-refractivity contribution < 1.29 is 30.6 Å². The van der Waals surface area contributed by atoms with Gasteiger partial charge in [0.15, 0.2) is 0 Å². The predicted molar refractivity (Wildman–Crippen MR) is 224 cm³/mol. The number of aryl methyl sites for hydroxylation is 1. The molecule has 0 aliphatic heterocycles. The third kappa shape index (κ3) is 6.11. The summed E-state index contributed by atoms with van der Waals surface area (Å²) in [5.41, 5.74) is 13.8. The standard InChI is InChI=1S/C50H34N3O2.Pt/c1-31-25-37(50-41-19-7-6-18-40(41)49(53(50)2)35-23-24-39-38-17-9-11-22-47(38)55-48(39)30-35)29-43(51-31)33-15-12-16-34(26-33)44-27-36(32-13-4-3-5-14-32)28-45(52-44)42-20-8-10-21-46(42)54;/h3-25,27-30,54H,1-2H3;/q-1;. The Kier molecular flexibility index (Phi) is 8.96. The molecule has 0 saturated heterocycles. The average molecular weight is 904 g/mol. The van der Waals surface area contributed by atoms with E-state index >= 15 is 0 Å². The van der Waals surface area contributed by atoms with Crippen LogP contribution in [0.3, 0.4) is 0 Å². The quantitative estimate of drug-likeness (QED) is 0.169. The number of pyridine rings is 2. The van der Waals surface area contributed by atoms with Gasteiger partial charge in [-0.05, 0) is 66.1 Å². The summed E-state index contributed by atoms with van der Waals surface area (Å²) in [6.07, 6.45) is 0. The van der Waals surface area contributed by atoms with Crippen LogP contribution in [0.15, 0.2) is 168 Å². The number of aromatic nitrogens is 3. The van der Waals surface area contributed by atoms with Crippen LogP contribution in [-0.4, -0.2) is 19.6 Å². The molecule has 10 rings (SSSR count). The van der Waals surface area contributed by atoms with E-state index in [0.717, 1.165) is 89.2 Å². The first-order valence-electron chi connectivity index (χ1n) is 18.4. The average Bonchev–Trinajstić information content (AvgIpc) is 3.74. The van der Waals surface area contributed by atoms with Crippen molar-refractivity contribution in [2.24, 2.45) is 7.05 Å². The Hall–Kier alpha value is -6.55. The van der Waals surface area contributed by atoms with Crippen molar-refractivity contribution in [3.63, 3.8) is 0 Å². The van der Waals surface area contributed by atoms with E-state index in [2.05, 4.69) is 109 Å². The fourth-order valence-corrected chi connectivity index (χ4v) is 7.95. The van der Waals surface area contributed by atoms with E-state index in [0.29, 0.717) is 11.3 Å². The molecule has 0 bridgehead atoms. The molecule has 0 fully saturated rings. The van der Waals surface area contributed by atoms with E-state index in [1.807, 2.05) is 73.7 Å². The second-order valence-electron chi connectivity index (χ2n) is 14.0. The Balaban J connectivity index is 0.00000410. The number of aromatic hydroxyl groups is 1. The van der Waals surface area contributed by atoms with E-state index in [-0.39, 0.29) is 26.8 Å². The molecule has 4 heterocycles. The van der Waals surface area contributed by atoms with Gasteiger partial charge >= 0.3 is 0 Å². The molecule has 0 amide bonds. The minimum Gasteiger partial charge on any atom is -0.507 e. The number of rotatable bonds is 6. The molecule has 6 heteroatoms. The zero-order chi connectivity index (χ0) is 37.0. The normalized spacial score (nSPS) is 11.3. The number of nitrogens with zero attached hydrogens (tertiary/aromatic N) is 3. The van der Waals surface area contributed by atoms with Gasteiger partial charge in [-0.3, -0.25) is 9.97 Å². The van der Waals surface area contributed by atoms with Crippen LogP contribution in [0.2, 0.25) is 0 Å². The zero-order valence-corrected chi connectivity index (χ0v) is 32.9. The van der Waals surface area contributed by atoms with Gasteiger partial charge in [-0.25, -0.2) is 0 Å². The van der Waals surface area contributed by atoms with Crippen LogP contribution >= 0.6 is 0 Å². The minimum absolute atomic E-state index is 0. The van der Waals surface area contributed by atoms with Gasteiger partial charge in [0.25, 0.3) is 0 Å². The predicted octanol–water partition coefficient (Wildman–Crippen LogP) is 12.7. The van der Waals surface area contributed by atoms with Crippen LogP contribution < -0.4 is 0 Å². The fraction of sp³-hybridized carbons (Fsp3) is 0.0400. The van der Waals surface area contributed by atoms with Crippen LogP contribution in [0.4, 0.5) is 0 Å². The van der Waals surface area contributed by atoms with E-state index in [1.165, 1.54) is 5.39 Å². The van der Waals surface area contributed by atoms with Crippen LogP contribution in [0.5, 0.6) is 5.75 Å². The molecule has 0 unspecified atom stereocenters. The van der Waals surface area contributed by atoms with Gasteiger partial charge in [0, 0.05) is 77.9 Å². The van der Waals surface area contributed by atoms with Gasteiger partial charge in [-0.2, -0.15) is 0 Å². The third-order valence-corrected chi connectivity index (χ3v) is 10.4. The summed E-state index contributed by atoms with van der Waals surface area (Å²) in [7, 11) is 2.14. The van der Waals surface area contributed by atoms with Crippen molar-refractivity contribution in [2.75, 3.05) is 0 Å². The van der Waals surface area contributed by atoms with Gasteiger partial charge in [0.2, 0.25) is 0 Å². The maximum Gasteiger partial charge on any atom is 0.136 e. The van der Waals surface area contributed by atoms with Gasteiger partial charge in [0.05, 0.1) is 17.1 Å². The molecule has 0 saturated carbocycles. The first-order chi connectivity index (χ1) is 27.0. The second-order valence-corrected chi connectivity index (χ2v) is 14.0. The van der Waals surface area contributed by atoms with Crippen LogP contribution in [0, 0.1) is 13.0 Å². The molecule has 6 aromatic carbocycles. The maximum atomic E-state index is 10.8. The minimum atomic E-state index is 0. The fourth-order valence-electron chi connectivity index (χ4n) is 7.95. The van der Waals surface area contributed by atoms with Gasteiger partial charge in [-0.1, -0.05) is 114 Å². The summed E-state index contributed by atoms with van der Waals surface area (Å²) in [6, 6.07) is 59.1. The van der Waals surface area contributed by atoms with E-state index < -0.39 is 0 Å². The summed E-state index contributed by atoms with van der Waals surface area (Å²) in [5.74, 6) is 0.187. The largest absolute Gasteiger partial charge is 0.507 e. The number of furan rings is 1. The first kappa shape index (κ1) is 35.2. The number of hydrogen-bond donors (Lipinski definition) is 1. The topological polar surface area (TPSA) is 64.1 Å². The Morgan fingerprint density at radius 1 is 0.500 bits per heavy atom. The van der Waals surface area contributed by atoms with E-state index in [1.54, 1.807) is 6.07 Å². The molecule has 5 nitrogen and oxygen atoms in total. The molecule has 272 valence electrons. The second kappa shape index (κ2) is 14.3. The van der Waals surface area contributed by atoms with E-state index in [4.69, 9.17) is 14.4 Å². The number of phenols is 1. The SMILES string of the molecule is Cc1cc(-c2c3ccccc3c(-c3ccc4c(c3)oc3ccccc34)n2C)cc(-c2[c-]c(-c3cc(-c4ccccc4)cc(-c4ccccc4O)n3)ccc2)n1.[Pt]. The maximum absolute atomic E-state index is 10.8. The Morgan fingerprint density at radius 3 is 1.88 bits per heavy atom. The molecule has 56 heavy (non-hydrogen) atoms. The van der Waals surface area contributed by atoms with Crippen molar-refractivity contribution >= 4 is 32.7 Å². The van der Waals surface area contributed by atoms with Crippen molar-refractivity contribution in [3.05, 3.63) is 176 Å². The molecule has 0 aliphatic carbocycles. The molecular weight excluding hydrogens is 870 g/mol. The Bertz CT molecular complexity index is 3090. The van der Waals surface area contributed by atoms with Crippen LogP contribution in [-0.2, 0) is 28.1 Å². The van der Waals surface area contributed by atoms with Gasteiger partial charge < -0.3 is 14.1 Å². The van der Waals surface area contributed by atoms with Crippen LogP contribution in [0.1, 0.15) is 5.69 Å². The molecule has 0 radical (unpaired) electrons. The summed E-state index contributed by atoms with van der Waals surface area (Å²) in [5, 5.41) is 15.4. The number of benzene rings is 6. The van der Waals surface area contributed by atoms with Gasteiger partial charge in [0.1, 0.15) is 16.9 Å². The summed E-state index contributed by atoms with van der Waals surface area (Å²) in [4.78, 5) is 10.1. The zero-order valence-electron chi connectivity index (χ0n) is 30.6. The number of fused-ring (bicyclic) bond motifs is 4. The van der Waals surface area contributed by atoms with E-state index in [9.17, 15) is 5.11 Å². The molecule has 0 spiro atoms. The molecule has 0 atom stereocenters. The Morgan fingerprint density at radius 2 is 1.11 bits per heavy atom. The third-order valence-electron chi connectivity index (χ3n) is 10.4. The smallest absolute Gasteiger partial charge is 0.136 e.